The first-order valence-electron chi connectivity index (χ1n) is 5.63. The number of carbonyl (C=O) groups is 1. The Bertz CT molecular complexity index is 425. The Morgan fingerprint density at radius 3 is 2.67 bits per heavy atom. The highest BCUT2D eigenvalue weighted by Crippen LogP contribution is 2.08. The highest BCUT2D eigenvalue weighted by molar-refractivity contribution is 7.98. The molecule has 1 aromatic carbocycles. The molecule has 0 aliphatic rings. The van der Waals surface area contributed by atoms with E-state index in [1.165, 1.54) is 0 Å². The number of benzene rings is 1. The Morgan fingerprint density at radius 2 is 2.11 bits per heavy atom. The van der Waals surface area contributed by atoms with Gasteiger partial charge in [-0.15, -0.1) is 0 Å². The predicted molar refractivity (Wildman–Crippen MR) is 75.7 cm³/mol. The fourth-order valence-corrected chi connectivity index (χ4v) is 1.89. The second kappa shape index (κ2) is 7.75. The number of amides is 1. The molecule has 1 rings (SSSR count). The lowest BCUT2D eigenvalue weighted by Gasteiger charge is -2.15. The van der Waals surface area contributed by atoms with Gasteiger partial charge in [0.1, 0.15) is 0 Å². The van der Waals surface area contributed by atoms with Gasteiger partial charge in [-0.3, -0.25) is 9.69 Å². The topological polar surface area (TPSA) is 56.1 Å². The Hall–Kier alpha value is -1.51. The van der Waals surface area contributed by atoms with E-state index in [0.717, 1.165) is 18.0 Å². The van der Waals surface area contributed by atoms with Crippen molar-refractivity contribution < 1.29 is 4.79 Å². The monoisotopic (exact) mass is 263 g/mol. The lowest BCUT2D eigenvalue weighted by atomic mass is 10.2. The zero-order valence-corrected chi connectivity index (χ0v) is 11.5. The molecule has 0 bridgehead atoms. The van der Waals surface area contributed by atoms with E-state index in [-0.39, 0.29) is 5.91 Å². The minimum Gasteiger partial charge on any atom is -0.325 e. The summed E-state index contributed by atoms with van der Waals surface area (Å²) in [6.07, 6.45) is 2.05. The standard InChI is InChI=1S/C13H17N3OS/c1-16(7-8-18-2)10-13(17)15-12-5-3-11(9-14)4-6-12/h3-6H,7-8,10H2,1-2H3,(H,15,17). The highest BCUT2D eigenvalue weighted by Gasteiger charge is 2.06. The number of hydrogen-bond acceptors (Lipinski definition) is 4. The van der Waals surface area contributed by atoms with Crippen molar-refractivity contribution >= 4 is 23.4 Å². The highest BCUT2D eigenvalue weighted by atomic mass is 32.2. The quantitative estimate of drug-likeness (QED) is 0.850. The lowest BCUT2D eigenvalue weighted by Crippen LogP contribution is -2.31. The number of nitrogens with one attached hydrogen (secondary N) is 1. The zero-order valence-electron chi connectivity index (χ0n) is 10.6. The number of thioether (sulfide) groups is 1. The van der Waals surface area contributed by atoms with Crippen molar-refractivity contribution in [3.05, 3.63) is 29.8 Å². The fourth-order valence-electron chi connectivity index (χ4n) is 1.40. The van der Waals surface area contributed by atoms with E-state index in [0.29, 0.717) is 12.1 Å². The summed E-state index contributed by atoms with van der Waals surface area (Å²) in [4.78, 5) is 13.7. The maximum Gasteiger partial charge on any atom is 0.238 e. The number of carbonyl (C=O) groups excluding carboxylic acids is 1. The van der Waals surface area contributed by atoms with E-state index >= 15 is 0 Å². The molecular weight excluding hydrogens is 246 g/mol. The summed E-state index contributed by atoms with van der Waals surface area (Å²) in [5.41, 5.74) is 1.31. The van der Waals surface area contributed by atoms with Gasteiger partial charge in [0.05, 0.1) is 18.2 Å². The third-order valence-electron chi connectivity index (χ3n) is 2.39. The van der Waals surface area contributed by atoms with Crippen LogP contribution < -0.4 is 5.32 Å². The molecule has 0 unspecified atom stereocenters. The third-order valence-corrected chi connectivity index (χ3v) is 2.98. The van der Waals surface area contributed by atoms with Gasteiger partial charge in [0.2, 0.25) is 5.91 Å². The molecule has 18 heavy (non-hydrogen) atoms. The summed E-state index contributed by atoms with van der Waals surface area (Å²) in [6, 6.07) is 8.88. The van der Waals surface area contributed by atoms with Gasteiger partial charge in [-0.25, -0.2) is 0 Å². The molecule has 0 spiro atoms. The molecule has 0 saturated carbocycles. The van der Waals surface area contributed by atoms with Crippen LogP contribution in [0.25, 0.3) is 0 Å². The van der Waals surface area contributed by atoms with Crippen LogP contribution in [0.4, 0.5) is 5.69 Å². The van der Waals surface area contributed by atoms with Crippen LogP contribution in [0.3, 0.4) is 0 Å². The first-order chi connectivity index (χ1) is 8.65. The van der Waals surface area contributed by atoms with Crippen LogP contribution in [0, 0.1) is 11.3 Å². The normalized spacial score (nSPS) is 10.1. The van der Waals surface area contributed by atoms with Gasteiger partial charge in [0.25, 0.3) is 0 Å². The molecule has 0 atom stereocenters. The Balaban J connectivity index is 2.41. The Morgan fingerprint density at radius 1 is 1.44 bits per heavy atom. The molecule has 96 valence electrons. The van der Waals surface area contributed by atoms with Crippen LogP contribution in [0.15, 0.2) is 24.3 Å². The van der Waals surface area contributed by atoms with Crippen LogP contribution in [-0.2, 0) is 4.79 Å². The Labute approximate surface area is 112 Å². The molecule has 0 saturated heterocycles. The lowest BCUT2D eigenvalue weighted by molar-refractivity contribution is -0.117. The molecular formula is C13H17N3OS. The van der Waals surface area contributed by atoms with E-state index in [2.05, 4.69) is 5.32 Å². The largest absolute Gasteiger partial charge is 0.325 e. The van der Waals surface area contributed by atoms with Crippen molar-refractivity contribution in [2.24, 2.45) is 0 Å². The molecule has 0 radical (unpaired) electrons. The molecule has 0 aromatic heterocycles. The molecule has 0 fully saturated rings. The third kappa shape index (κ3) is 5.21. The second-order valence-corrected chi connectivity index (χ2v) is 4.95. The van der Waals surface area contributed by atoms with Gasteiger partial charge < -0.3 is 5.32 Å². The van der Waals surface area contributed by atoms with Crippen molar-refractivity contribution in [2.75, 3.05) is 37.5 Å². The molecule has 1 N–H and O–H groups in total. The number of nitrogens with zero attached hydrogens (tertiary/aromatic N) is 2. The average Bonchev–Trinajstić information content (AvgIpc) is 2.37. The zero-order chi connectivity index (χ0) is 13.4. The number of nitriles is 1. The fraction of sp³-hybridized carbons (Fsp3) is 0.385. The minimum absolute atomic E-state index is 0.0386. The van der Waals surface area contributed by atoms with E-state index in [4.69, 9.17) is 5.26 Å². The summed E-state index contributed by atoms with van der Waals surface area (Å²) in [6.45, 7) is 1.27. The Kier molecular flexibility index (Phi) is 6.26. The van der Waals surface area contributed by atoms with Crippen LogP contribution in [0.5, 0.6) is 0 Å². The molecule has 0 aliphatic carbocycles. The van der Waals surface area contributed by atoms with Gasteiger partial charge in [-0.1, -0.05) is 0 Å². The van der Waals surface area contributed by atoms with Crippen LogP contribution in [0.1, 0.15) is 5.56 Å². The van der Waals surface area contributed by atoms with Crippen molar-refractivity contribution in [2.45, 2.75) is 0 Å². The van der Waals surface area contributed by atoms with Crippen LogP contribution >= 0.6 is 11.8 Å². The molecule has 0 aliphatic heterocycles. The van der Waals surface area contributed by atoms with Gasteiger partial charge in [0, 0.05) is 18.0 Å². The van der Waals surface area contributed by atoms with Gasteiger partial charge in [-0.05, 0) is 37.6 Å². The van der Waals surface area contributed by atoms with Gasteiger partial charge in [0.15, 0.2) is 0 Å². The SMILES string of the molecule is CSCCN(C)CC(=O)Nc1ccc(C#N)cc1. The van der Waals surface area contributed by atoms with Crippen molar-refractivity contribution in [1.82, 2.24) is 4.90 Å². The van der Waals surface area contributed by atoms with Crippen molar-refractivity contribution in [3.63, 3.8) is 0 Å². The molecule has 0 heterocycles. The summed E-state index contributed by atoms with van der Waals surface area (Å²) in [5, 5.41) is 11.5. The predicted octanol–water partition coefficient (Wildman–Crippen LogP) is 1.79. The van der Waals surface area contributed by atoms with Crippen LogP contribution in [0.2, 0.25) is 0 Å². The maximum absolute atomic E-state index is 11.7. The van der Waals surface area contributed by atoms with Crippen molar-refractivity contribution in [3.8, 4) is 6.07 Å². The smallest absolute Gasteiger partial charge is 0.238 e. The van der Waals surface area contributed by atoms with E-state index in [1.54, 1.807) is 36.0 Å². The van der Waals surface area contributed by atoms with E-state index in [1.807, 2.05) is 24.3 Å². The van der Waals surface area contributed by atoms with E-state index < -0.39 is 0 Å². The summed E-state index contributed by atoms with van der Waals surface area (Å²) in [5.74, 6) is 0.976. The summed E-state index contributed by atoms with van der Waals surface area (Å²) in [7, 11) is 1.93. The molecule has 1 amide bonds. The van der Waals surface area contributed by atoms with Crippen molar-refractivity contribution in [1.29, 1.82) is 5.26 Å². The number of rotatable bonds is 6. The molecule has 4 nitrogen and oxygen atoms in total. The maximum atomic E-state index is 11.7. The van der Waals surface area contributed by atoms with E-state index in [9.17, 15) is 4.79 Å². The first-order valence-corrected chi connectivity index (χ1v) is 7.02. The number of likely N-dealkylation sites (N-methyl/N-ethyl adjacent to an activating group) is 1. The van der Waals surface area contributed by atoms with Gasteiger partial charge >= 0.3 is 0 Å². The molecule has 1 aromatic rings. The summed E-state index contributed by atoms with van der Waals surface area (Å²) >= 11 is 1.76. The number of hydrogen-bond donors (Lipinski definition) is 1. The summed E-state index contributed by atoms with van der Waals surface area (Å²) < 4.78 is 0. The molecule has 5 heteroatoms. The van der Waals surface area contributed by atoms with Gasteiger partial charge in [-0.2, -0.15) is 17.0 Å². The van der Waals surface area contributed by atoms with Crippen LogP contribution in [-0.4, -0.2) is 43.0 Å². The first kappa shape index (κ1) is 14.6. The number of anilines is 1. The minimum atomic E-state index is -0.0386. The average molecular weight is 263 g/mol. The second-order valence-electron chi connectivity index (χ2n) is 3.97.